The van der Waals surface area contributed by atoms with E-state index in [4.69, 9.17) is 5.73 Å². The Kier molecular flexibility index (Phi) is 3.76. The van der Waals surface area contributed by atoms with Gasteiger partial charge in [0.2, 0.25) is 5.78 Å². The number of nitrogens with two attached hydrogens (primary N) is 1. The highest BCUT2D eigenvalue weighted by atomic mass is 16.1. The molecule has 5 heteroatoms. The third-order valence-corrected chi connectivity index (χ3v) is 3.50. The highest BCUT2D eigenvalue weighted by Gasteiger charge is 2.33. The van der Waals surface area contributed by atoms with Gasteiger partial charge in [0.1, 0.15) is 5.69 Å². The van der Waals surface area contributed by atoms with Gasteiger partial charge in [0.05, 0.1) is 17.4 Å². The Bertz CT molecular complexity index is 558. The van der Waals surface area contributed by atoms with Crippen molar-refractivity contribution in [3.63, 3.8) is 0 Å². The minimum absolute atomic E-state index is 0.119. The maximum atomic E-state index is 12.6. The molecular weight excluding hydrogens is 240 g/mol. The van der Waals surface area contributed by atoms with Crippen LogP contribution in [0.4, 0.5) is 0 Å². The van der Waals surface area contributed by atoms with Crippen LogP contribution in [0.15, 0.2) is 36.5 Å². The molecular formula is C14H18N4O. The molecule has 1 aromatic carbocycles. The van der Waals surface area contributed by atoms with E-state index in [1.165, 1.54) is 10.9 Å². The van der Waals surface area contributed by atoms with Crippen molar-refractivity contribution in [1.29, 1.82) is 0 Å². The number of carbonyl (C=O) groups excluding carboxylic acids is 1. The number of carbonyl (C=O) groups is 1. The molecule has 0 amide bonds. The molecule has 1 aromatic heterocycles. The molecule has 0 aliphatic carbocycles. The summed E-state index contributed by atoms with van der Waals surface area (Å²) in [6, 6.07) is 9.44. The summed E-state index contributed by atoms with van der Waals surface area (Å²) in [5, 5.41) is 7.82. The van der Waals surface area contributed by atoms with Crippen molar-refractivity contribution in [1.82, 2.24) is 15.0 Å². The minimum atomic E-state index is -0.853. The molecule has 0 saturated carbocycles. The number of nitrogens with zero attached hydrogens (tertiary/aromatic N) is 3. The lowest BCUT2D eigenvalue weighted by atomic mass is 9.87. The minimum Gasteiger partial charge on any atom is -0.319 e. The van der Waals surface area contributed by atoms with E-state index in [-0.39, 0.29) is 5.78 Å². The van der Waals surface area contributed by atoms with Crippen molar-refractivity contribution in [3.8, 4) is 5.69 Å². The summed E-state index contributed by atoms with van der Waals surface area (Å²) >= 11 is 0. The molecule has 0 fully saturated rings. The quantitative estimate of drug-likeness (QED) is 0.832. The molecule has 100 valence electrons. The first-order valence-electron chi connectivity index (χ1n) is 6.42. The molecule has 0 atom stereocenters. The number of Topliss-reactive ketones (excluding diaryl/α,β-unsaturated/α-hetero) is 1. The van der Waals surface area contributed by atoms with Gasteiger partial charge in [-0.15, -0.1) is 5.10 Å². The van der Waals surface area contributed by atoms with Gasteiger partial charge in [0, 0.05) is 0 Å². The van der Waals surface area contributed by atoms with Crippen LogP contribution in [0.5, 0.6) is 0 Å². The molecule has 2 rings (SSSR count). The predicted octanol–water partition coefficient (Wildman–Crippen LogP) is 1.97. The van der Waals surface area contributed by atoms with Gasteiger partial charge < -0.3 is 5.73 Å². The molecule has 0 radical (unpaired) electrons. The second-order valence-corrected chi connectivity index (χ2v) is 4.56. The fourth-order valence-corrected chi connectivity index (χ4v) is 1.98. The number of rotatable bonds is 5. The van der Waals surface area contributed by atoms with E-state index < -0.39 is 5.54 Å². The van der Waals surface area contributed by atoms with Crippen LogP contribution in [0, 0.1) is 0 Å². The zero-order valence-corrected chi connectivity index (χ0v) is 11.2. The Morgan fingerprint density at radius 3 is 2.47 bits per heavy atom. The van der Waals surface area contributed by atoms with E-state index in [2.05, 4.69) is 10.3 Å². The molecule has 2 N–H and O–H groups in total. The summed E-state index contributed by atoms with van der Waals surface area (Å²) < 4.78 is 1.54. The smallest absolute Gasteiger partial charge is 0.202 e. The number of para-hydroxylation sites is 1. The maximum Gasteiger partial charge on any atom is 0.202 e. The highest BCUT2D eigenvalue weighted by Crippen LogP contribution is 2.19. The Balaban J connectivity index is 2.43. The summed E-state index contributed by atoms with van der Waals surface area (Å²) in [5.41, 5.74) is 6.54. The summed E-state index contributed by atoms with van der Waals surface area (Å²) in [6.45, 7) is 3.83. The fraction of sp³-hybridized carbons (Fsp3) is 0.357. The van der Waals surface area contributed by atoms with Crippen molar-refractivity contribution in [2.24, 2.45) is 5.73 Å². The zero-order chi connectivity index (χ0) is 13.9. The molecule has 0 bridgehead atoms. The first-order valence-corrected chi connectivity index (χ1v) is 6.42. The van der Waals surface area contributed by atoms with Gasteiger partial charge in [0.15, 0.2) is 0 Å². The third kappa shape index (κ3) is 2.42. The van der Waals surface area contributed by atoms with Crippen LogP contribution in [0.1, 0.15) is 37.2 Å². The van der Waals surface area contributed by atoms with Gasteiger partial charge in [-0.25, -0.2) is 4.68 Å². The van der Waals surface area contributed by atoms with Crippen LogP contribution in [-0.4, -0.2) is 26.3 Å². The maximum absolute atomic E-state index is 12.6. The average Bonchev–Trinajstić information content (AvgIpc) is 2.95. The summed E-state index contributed by atoms with van der Waals surface area (Å²) in [5.74, 6) is -0.119. The van der Waals surface area contributed by atoms with Crippen LogP contribution >= 0.6 is 0 Å². The molecule has 0 spiro atoms. The van der Waals surface area contributed by atoms with Crippen LogP contribution < -0.4 is 5.73 Å². The summed E-state index contributed by atoms with van der Waals surface area (Å²) in [6.07, 6.45) is 2.65. The summed E-state index contributed by atoms with van der Waals surface area (Å²) in [7, 11) is 0. The van der Waals surface area contributed by atoms with Gasteiger partial charge in [0.25, 0.3) is 0 Å². The normalized spacial score (nSPS) is 11.5. The molecule has 2 aromatic rings. The fourth-order valence-electron chi connectivity index (χ4n) is 1.98. The number of hydrogen-bond acceptors (Lipinski definition) is 4. The standard InChI is InChI=1S/C14H18N4O/c1-3-14(15,4-2)13(19)12-10-16-17-18(12)11-8-6-5-7-9-11/h5-10H,3-4,15H2,1-2H3. The van der Waals surface area contributed by atoms with Crippen molar-refractivity contribution in [3.05, 3.63) is 42.2 Å². The van der Waals surface area contributed by atoms with Gasteiger partial charge in [-0.2, -0.15) is 0 Å². The SMILES string of the molecule is CCC(N)(CC)C(=O)c1cnnn1-c1ccccc1. The lowest BCUT2D eigenvalue weighted by Gasteiger charge is -2.24. The second-order valence-electron chi connectivity index (χ2n) is 4.56. The predicted molar refractivity (Wildman–Crippen MR) is 73.2 cm³/mol. The zero-order valence-electron chi connectivity index (χ0n) is 11.2. The molecule has 0 saturated heterocycles. The first-order chi connectivity index (χ1) is 9.12. The number of aromatic nitrogens is 3. The molecule has 19 heavy (non-hydrogen) atoms. The van der Waals surface area contributed by atoms with E-state index in [0.29, 0.717) is 18.5 Å². The lowest BCUT2D eigenvalue weighted by Crippen LogP contribution is -2.47. The number of hydrogen-bond donors (Lipinski definition) is 1. The average molecular weight is 258 g/mol. The van der Waals surface area contributed by atoms with E-state index >= 15 is 0 Å². The molecule has 0 aliphatic heterocycles. The first kappa shape index (κ1) is 13.4. The highest BCUT2D eigenvalue weighted by molar-refractivity contribution is 6.01. The van der Waals surface area contributed by atoms with Crippen LogP contribution in [-0.2, 0) is 0 Å². The largest absolute Gasteiger partial charge is 0.319 e. The van der Waals surface area contributed by atoms with Gasteiger partial charge in [-0.1, -0.05) is 37.3 Å². The Morgan fingerprint density at radius 1 is 1.26 bits per heavy atom. The second kappa shape index (κ2) is 5.32. The topological polar surface area (TPSA) is 73.8 Å². The Morgan fingerprint density at radius 2 is 1.89 bits per heavy atom. The van der Waals surface area contributed by atoms with Crippen molar-refractivity contribution in [2.45, 2.75) is 32.2 Å². The molecule has 1 heterocycles. The van der Waals surface area contributed by atoms with Gasteiger partial charge >= 0.3 is 0 Å². The van der Waals surface area contributed by atoms with Gasteiger partial charge in [-0.3, -0.25) is 4.79 Å². The third-order valence-electron chi connectivity index (χ3n) is 3.50. The summed E-state index contributed by atoms with van der Waals surface area (Å²) in [4.78, 5) is 12.6. The van der Waals surface area contributed by atoms with E-state index in [1.807, 2.05) is 44.2 Å². The van der Waals surface area contributed by atoms with Crippen molar-refractivity contribution < 1.29 is 4.79 Å². The molecule has 5 nitrogen and oxygen atoms in total. The number of ketones is 1. The van der Waals surface area contributed by atoms with Crippen LogP contribution in [0.2, 0.25) is 0 Å². The van der Waals surface area contributed by atoms with Crippen LogP contribution in [0.3, 0.4) is 0 Å². The monoisotopic (exact) mass is 258 g/mol. The van der Waals surface area contributed by atoms with E-state index in [1.54, 1.807) is 0 Å². The van der Waals surface area contributed by atoms with Crippen molar-refractivity contribution >= 4 is 5.78 Å². The Labute approximate surface area is 112 Å². The molecule has 0 aliphatic rings. The Hall–Kier alpha value is -2.01. The lowest BCUT2D eigenvalue weighted by molar-refractivity contribution is 0.0871. The molecule has 0 unspecified atom stereocenters. The van der Waals surface area contributed by atoms with E-state index in [9.17, 15) is 4.79 Å². The van der Waals surface area contributed by atoms with Crippen molar-refractivity contribution in [2.75, 3.05) is 0 Å². The van der Waals surface area contributed by atoms with Crippen LogP contribution in [0.25, 0.3) is 5.69 Å². The van der Waals surface area contributed by atoms with Gasteiger partial charge in [-0.05, 0) is 25.0 Å². The number of benzene rings is 1. The van der Waals surface area contributed by atoms with E-state index in [0.717, 1.165) is 5.69 Å².